The van der Waals surface area contributed by atoms with Gasteiger partial charge in [0, 0.05) is 11.0 Å². The van der Waals surface area contributed by atoms with Gasteiger partial charge >= 0.3 is 0 Å². The Kier molecular flexibility index (Phi) is 5.77. The van der Waals surface area contributed by atoms with E-state index in [1.807, 2.05) is 24.3 Å². The number of carbonyl (C=O) groups is 1. The molecular formula is C17H15N3O5S2. The fourth-order valence-corrected chi connectivity index (χ4v) is 3.91. The Morgan fingerprint density at radius 3 is 2.63 bits per heavy atom. The first-order chi connectivity index (χ1) is 13.0. The molecule has 1 N–H and O–H groups in total. The van der Waals surface area contributed by atoms with Gasteiger partial charge in [-0.15, -0.1) is 11.8 Å². The summed E-state index contributed by atoms with van der Waals surface area (Å²) < 4.78 is 10.8. The topological polar surface area (TPSA) is 104 Å². The number of thioether (sulfide) groups is 1. The molecule has 0 fully saturated rings. The smallest absolute Gasteiger partial charge is 0.274 e. The number of anilines is 1. The van der Waals surface area contributed by atoms with Gasteiger partial charge in [0.25, 0.3) is 5.69 Å². The number of benzene rings is 2. The molecule has 0 radical (unpaired) electrons. The normalized spacial score (nSPS) is 10.6. The molecule has 0 saturated carbocycles. The van der Waals surface area contributed by atoms with Gasteiger partial charge in [-0.3, -0.25) is 14.9 Å². The van der Waals surface area contributed by atoms with Crippen LogP contribution in [0.1, 0.15) is 0 Å². The monoisotopic (exact) mass is 405 g/mol. The van der Waals surface area contributed by atoms with E-state index in [-0.39, 0.29) is 17.3 Å². The summed E-state index contributed by atoms with van der Waals surface area (Å²) in [6.07, 6.45) is 0. The summed E-state index contributed by atoms with van der Waals surface area (Å²) in [5, 5.41) is 14.1. The minimum Gasteiger partial charge on any atom is -0.497 e. The minimum absolute atomic E-state index is 0.0871. The Morgan fingerprint density at radius 2 is 2.00 bits per heavy atom. The summed E-state index contributed by atoms with van der Waals surface area (Å²) in [6, 6.07) is 10.1. The number of rotatable bonds is 7. The summed E-state index contributed by atoms with van der Waals surface area (Å²) in [4.78, 5) is 28.0. The Balaban J connectivity index is 1.69. The maximum atomic E-state index is 12.2. The van der Waals surface area contributed by atoms with Crippen molar-refractivity contribution in [3.8, 4) is 11.5 Å². The van der Waals surface area contributed by atoms with Crippen molar-refractivity contribution in [3.05, 3.63) is 46.5 Å². The molecule has 3 rings (SSSR count). The van der Waals surface area contributed by atoms with Crippen LogP contribution >= 0.6 is 23.1 Å². The summed E-state index contributed by atoms with van der Waals surface area (Å²) in [7, 11) is 3.01. The van der Waals surface area contributed by atoms with E-state index in [2.05, 4.69) is 10.3 Å². The number of amides is 1. The molecule has 0 aliphatic carbocycles. The molecule has 0 atom stereocenters. The number of nitro benzene ring substituents is 1. The average molecular weight is 405 g/mol. The molecule has 0 aliphatic heterocycles. The van der Waals surface area contributed by atoms with Gasteiger partial charge in [-0.25, -0.2) is 4.98 Å². The highest BCUT2D eigenvalue weighted by atomic mass is 32.2. The second-order valence-corrected chi connectivity index (χ2v) is 7.36. The maximum absolute atomic E-state index is 12.2. The zero-order chi connectivity index (χ0) is 19.4. The number of carbonyl (C=O) groups excluding carboxylic acids is 1. The number of non-ortho nitro benzene ring substituents is 1. The zero-order valence-electron chi connectivity index (χ0n) is 14.4. The summed E-state index contributed by atoms with van der Waals surface area (Å²) in [6.45, 7) is 0. The second-order valence-electron chi connectivity index (χ2n) is 5.28. The van der Waals surface area contributed by atoms with E-state index in [0.29, 0.717) is 21.1 Å². The number of nitrogens with zero attached hydrogens (tertiary/aromatic N) is 2. The van der Waals surface area contributed by atoms with Crippen LogP contribution in [0, 0.1) is 10.1 Å². The van der Waals surface area contributed by atoms with Crippen molar-refractivity contribution in [1.29, 1.82) is 0 Å². The van der Waals surface area contributed by atoms with Crippen molar-refractivity contribution in [1.82, 2.24) is 4.98 Å². The molecule has 27 heavy (non-hydrogen) atoms. The van der Waals surface area contributed by atoms with Crippen molar-refractivity contribution in [3.63, 3.8) is 0 Å². The average Bonchev–Trinajstić information content (AvgIpc) is 3.08. The molecular weight excluding hydrogens is 390 g/mol. The summed E-state index contributed by atoms with van der Waals surface area (Å²) in [5.74, 6) is 1.03. The number of hydrogen-bond acceptors (Lipinski definition) is 8. The van der Waals surface area contributed by atoms with Crippen LogP contribution < -0.4 is 14.8 Å². The summed E-state index contributed by atoms with van der Waals surface area (Å²) in [5.41, 5.74) is 0.391. The third-order valence-electron chi connectivity index (χ3n) is 3.55. The molecule has 140 valence electrons. The van der Waals surface area contributed by atoms with Crippen LogP contribution in [0.2, 0.25) is 0 Å². The van der Waals surface area contributed by atoms with Crippen LogP contribution in [0.5, 0.6) is 11.5 Å². The minimum atomic E-state index is -0.495. The van der Waals surface area contributed by atoms with Gasteiger partial charge in [0.1, 0.15) is 11.3 Å². The summed E-state index contributed by atoms with van der Waals surface area (Å²) >= 11 is 2.54. The van der Waals surface area contributed by atoms with Gasteiger partial charge in [-0.1, -0.05) is 11.3 Å². The van der Waals surface area contributed by atoms with E-state index in [0.717, 1.165) is 22.0 Å². The Labute approximate surface area is 162 Å². The lowest BCUT2D eigenvalue weighted by Crippen LogP contribution is -2.13. The number of nitrogens with one attached hydrogen (secondary N) is 1. The van der Waals surface area contributed by atoms with Crippen LogP contribution in [-0.4, -0.2) is 35.8 Å². The molecule has 0 aliphatic rings. The molecule has 10 heteroatoms. The van der Waals surface area contributed by atoms with E-state index in [1.165, 1.54) is 31.0 Å². The van der Waals surface area contributed by atoms with E-state index in [4.69, 9.17) is 9.47 Å². The Bertz CT molecular complexity index is 988. The molecule has 1 heterocycles. The SMILES string of the molecule is COc1ccc(SCC(=O)Nc2nc3c(OC)cc([N+](=O)[O-])cc3s2)cc1. The van der Waals surface area contributed by atoms with E-state index in [1.54, 1.807) is 7.11 Å². The highest BCUT2D eigenvalue weighted by molar-refractivity contribution is 8.00. The lowest BCUT2D eigenvalue weighted by Gasteiger charge is -2.03. The number of methoxy groups -OCH3 is 2. The maximum Gasteiger partial charge on any atom is 0.274 e. The highest BCUT2D eigenvalue weighted by Crippen LogP contribution is 2.36. The second kappa shape index (κ2) is 8.23. The van der Waals surface area contributed by atoms with Gasteiger partial charge in [0.05, 0.1) is 35.7 Å². The Hall–Kier alpha value is -2.85. The third-order valence-corrected chi connectivity index (χ3v) is 5.48. The number of nitro groups is 1. The fourth-order valence-electron chi connectivity index (χ4n) is 2.28. The van der Waals surface area contributed by atoms with E-state index >= 15 is 0 Å². The standard InChI is InChI=1S/C17H15N3O5S2/c1-24-11-3-5-12(6-4-11)26-9-15(21)18-17-19-16-13(25-2)7-10(20(22)23)8-14(16)27-17/h3-8H,9H2,1-2H3,(H,18,19,21). The predicted octanol–water partition coefficient (Wildman–Crippen LogP) is 3.95. The van der Waals surface area contributed by atoms with Gasteiger partial charge in [0.2, 0.25) is 5.91 Å². The lowest BCUT2D eigenvalue weighted by molar-refractivity contribution is -0.384. The lowest BCUT2D eigenvalue weighted by atomic mass is 10.3. The third kappa shape index (κ3) is 4.47. The van der Waals surface area contributed by atoms with Gasteiger partial charge in [-0.05, 0) is 24.3 Å². The molecule has 0 saturated heterocycles. The van der Waals surface area contributed by atoms with Gasteiger partial charge in [-0.2, -0.15) is 0 Å². The van der Waals surface area contributed by atoms with E-state index < -0.39 is 4.92 Å². The first-order valence-electron chi connectivity index (χ1n) is 7.70. The highest BCUT2D eigenvalue weighted by Gasteiger charge is 2.17. The van der Waals surface area contributed by atoms with Crippen LogP contribution in [-0.2, 0) is 4.79 Å². The predicted molar refractivity (Wildman–Crippen MR) is 105 cm³/mol. The number of ether oxygens (including phenoxy) is 2. The Morgan fingerprint density at radius 1 is 1.26 bits per heavy atom. The largest absolute Gasteiger partial charge is 0.497 e. The van der Waals surface area contributed by atoms with Crippen molar-refractivity contribution in [2.24, 2.45) is 0 Å². The number of thiazole rings is 1. The van der Waals surface area contributed by atoms with Crippen molar-refractivity contribution >= 4 is 50.0 Å². The van der Waals surface area contributed by atoms with Crippen LogP contribution in [0.3, 0.4) is 0 Å². The van der Waals surface area contributed by atoms with Crippen LogP contribution in [0.15, 0.2) is 41.3 Å². The van der Waals surface area contributed by atoms with Crippen LogP contribution in [0.25, 0.3) is 10.2 Å². The van der Waals surface area contributed by atoms with Gasteiger partial charge in [0.15, 0.2) is 10.9 Å². The van der Waals surface area contributed by atoms with Crippen molar-refractivity contribution in [2.45, 2.75) is 4.90 Å². The molecule has 1 aromatic heterocycles. The molecule has 8 nitrogen and oxygen atoms in total. The molecule has 0 spiro atoms. The molecule has 3 aromatic rings. The van der Waals surface area contributed by atoms with E-state index in [9.17, 15) is 14.9 Å². The van der Waals surface area contributed by atoms with Crippen LogP contribution in [0.4, 0.5) is 10.8 Å². The quantitative estimate of drug-likeness (QED) is 0.360. The first kappa shape index (κ1) is 18.9. The number of aromatic nitrogens is 1. The molecule has 0 unspecified atom stereocenters. The van der Waals surface area contributed by atoms with Crippen molar-refractivity contribution in [2.75, 3.05) is 25.3 Å². The number of fused-ring (bicyclic) bond motifs is 1. The fraction of sp³-hybridized carbons (Fsp3) is 0.176. The zero-order valence-corrected chi connectivity index (χ0v) is 16.1. The van der Waals surface area contributed by atoms with Gasteiger partial charge < -0.3 is 14.8 Å². The molecule has 2 aromatic carbocycles. The van der Waals surface area contributed by atoms with Crippen molar-refractivity contribution < 1.29 is 19.2 Å². The molecule has 0 bridgehead atoms. The molecule has 1 amide bonds. The first-order valence-corrected chi connectivity index (χ1v) is 9.50. The number of hydrogen-bond donors (Lipinski definition) is 1.